The zero-order chi connectivity index (χ0) is 17.0. The van der Waals surface area contributed by atoms with E-state index in [1.807, 2.05) is 20.8 Å². The first-order valence-electron chi connectivity index (χ1n) is 7.37. The zero-order valence-corrected chi connectivity index (χ0v) is 13.8. The Morgan fingerprint density at radius 3 is 2.52 bits per heavy atom. The third-order valence-corrected chi connectivity index (χ3v) is 3.03. The van der Waals surface area contributed by atoms with Gasteiger partial charge in [-0.15, -0.1) is 0 Å². The summed E-state index contributed by atoms with van der Waals surface area (Å²) in [5, 5.41) is 5.39. The monoisotopic (exact) mass is 315 g/mol. The number of hydrogen-bond acceptors (Lipinski definition) is 4. The molecular weight excluding hydrogens is 294 g/mol. The van der Waals surface area contributed by atoms with Crippen molar-refractivity contribution in [1.82, 2.24) is 15.6 Å². The van der Waals surface area contributed by atoms with Crippen molar-refractivity contribution in [2.75, 3.05) is 6.54 Å². The lowest BCUT2D eigenvalue weighted by molar-refractivity contribution is -0.121. The van der Waals surface area contributed by atoms with Crippen LogP contribution in [0.2, 0.25) is 0 Å². The minimum Gasteiger partial charge on any atom is -0.463 e. The Morgan fingerprint density at radius 1 is 1.22 bits per heavy atom. The topological polar surface area (TPSA) is 84.2 Å². The van der Waals surface area contributed by atoms with Gasteiger partial charge in [0.25, 0.3) is 5.91 Å². The van der Waals surface area contributed by atoms with Crippen molar-refractivity contribution in [3.8, 4) is 11.5 Å². The quantitative estimate of drug-likeness (QED) is 0.906. The van der Waals surface area contributed by atoms with Crippen molar-refractivity contribution in [2.45, 2.75) is 33.2 Å². The van der Waals surface area contributed by atoms with E-state index in [0.717, 1.165) is 0 Å². The van der Waals surface area contributed by atoms with Crippen LogP contribution in [-0.2, 0) is 4.79 Å². The smallest absolute Gasteiger partial charge is 0.253 e. The summed E-state index contributed by atoms with van der Waals surface area (Å²) < 4.78 is 5.28. The van der Waals surface area contributed by atoms with Gasteiger partial charge in [-0.05, 0) is 52.0 Å². The molecule has 0 bridgehead atoms. The number of amides is 2. The zero-order valence-electron chi connectivity index (χ0n) is 13.8. The van der Waals surface area contributed by atoms with Gasteiger partial charge in [0.15, 0.2) is 5.76 Å². The molecular formula is C17H21N3O3. The first-order valence-corrected chi connectivity index (χ1v) is 7.37. The van der Waals surface area contributed by atoms with E-state index in [9.17, 15) is 9.59 Å². The van der Waals surface area contributed by atoms with Gasteiger partial charge in [-0.25, -0.2) is 4.98 Å². The second-order valence-electron chi connectivity index (χ2n) is 6.29. The van der Waals surface area contributed by atoms with E-state index in [2.05, 4.69) is 15.6 Å². The highest BCUT2D eigenvalue weighted by Gasteiger charge is 2.16. The van der Waals surface area contributed by atoms with Crippen LogP contribution in [0.3, 0.4) is 0 Å². The van der Waals surface area contributed by atoms with Crippen LogP contribution in [0.1, 0.15) is 36.8 Å². The van der Waals surface area contributed by atoms with Crippen molar-refractivity contribution < 1.29 is 14.0 Å². The predicted molar refractivity (Wildman–Crippen MR) is 86.9 cm³/mol. The Kier molecular flexibility index (Phi) is 4.83. The molecule has 2 heterocycles. The largest absolute Gasteiger partial charge is 0.463 e. The maximum absolute atomic E-state index is 12.2. The number of hydrogen-bond donors (Lipinski definition) is 2. The summed E-state index contributed by atoms with van der Waals surface area (Å²) in [6, 6.07) is 6.98. The van der Waals surface area contributed by atoms with Gasteiger partial charge >= 0.3 is 0 Å². The van der Waals surface area contributed by atoms with Gasteiger partial charge in [0.05, 0.1) is 24.1 Å². The lowest BCUT2D eigenvalue weighted by atomic mass is 10.1. The van der Waals surface area contributed by atoms with Crippen LogP contribution in [0.5, 0.6) is 0 Å². The third kappa shape index (κ3) is 4.67. The average molecular weight is 315 g/mol. The Morgan fingerprint density at radius 2 is 1.96 bits per heavy atom. The highest BCUT2D eigenvalue weighted by molar-refractivity contribution is 5.97. The van der Waals surface area contributed by atoms with Crippen LogP contribution >= 0.6 is 0 Å². The standard InChI is InChI=1S/C17H21N3O3/c1-11-12(7-8-13(19-11)14-6-5-9-23-14)16(22)18-10-15(21)20-17(2,3)4/h5-9H,10H2,1-4H3,(H,18,22)(H,20,21). The molecule has 0 aliphatic carbocycles. The van der Waals surface area contributed by atoms with Gasteiger partial charge in [0.1, 0.15) is 5.69 Å². The molecule has 0 aliphatic heterocycles. The molecule has 2 N–H and O–H groups in total. The molecule has 0 saturated carbocycles. The first-order chi connectivity index (χ1) is 10.8. The Labute approximate surface area is 135 Å². The highest BCUT2D eigenvalue weighted by Crippen LogP contribution is 2.19. The Balaban J connectivity index is 2.01. The molecule has 6 nitrogen and oxygen atoms in total. The van der Waals surface area contributed by atoms with E-state index in [-0.39, 0.29) is 23.9 Å². The SMILES string of the molecule is Cc1nc(-c2ccco2)ccc1C(=O)NCC(=O)NC(C)(C)C. The second-order valence-corrected chi connectivity index (χ2v) is 6.29. The Bertz CT molecular complexity index is 700. The van der Waals surface area contributed by atoms with Crippen LogP contribution in [-0.4, -0.2) is 28.9 Å². The van der Waals surface area contributed by atoms with E-state index in [0.29, 0.717) is 22.7 Å². The molecule has 6 heteroatoms. The van der Waals surface area contributed by atoms with Crippen LogP contribution in [0.4, 0.5) is 0 Å². The number of pyridine rings is 1. The molecule has 23 heavy (non-hydrogen) atoms. The Hall–Kier alpha value is -2.63. The summed E-state index contributed by atoms with van der Waals surface area (Å²) in [5.41, 5.74) is 1.34. The molecule has 2 aromatic heterocycles. The number of carbonyl (C=O) groups excluding carboxylic acids is 2. The molecule has 0 atom stereocenters. The highest BCUT2D eigenvalue weighted by atomic mass is 16.3. The molecule has 0 aromatic carbocycles. The van der Waals surface area contributed by atoms with Crippen molar-refractivity contribution in [1.29, 1.82) is 0 Å². The third-order valence-electron chi connectivity index (χ3n) is 3.03. The molecule has 122 valence electrons. The average Bonchev–Trinajstić information content (AvgIpc) is 2.97. The van der Waals surface area contributed by atoms with Crippen molar-refractivity contribution in [3.63, 3.8) is 0 Å². The number of carbonyl (C=O) groups is 2. The van der Waals surface area contributed by atoms with Gasteiger partial charge in [0, 0.05) is 5.54 Å². The minimum absolute atomic E-state index is 0.0739. The van der Waals surface area contributed by atoms with Gasteiger partial charge in [-0.3, -0.25) is 9.59 Å². The number of furan rings is 1. The number of nitrogens with one attached hydrogen (secondary N) is 2. The number of nitrogens with zero attached hydrogens (tertiary/aromatic N) is 1. The molecule has 0 aliphatic rings. The van der Waals surface area contributed by atoms with Gasteiger partial charge < -0.3 is 15.1 Å². The molecule has 2 amide bonds. The van der Waals surface area contributed by atoms with E-state index >= 15 is 0 Å². The summed E-state index contributed by atoms with van der Waals surface area (Å²) in [5.74, 6) is 0.0818. The van der Waals surface area contributed by atoms with Gasteiger partial charge in [-0.1, -0.05) is 0 Å². The lowest BCUT2D eigenvalue weighted by Crippen LogP contribution is -2.45. The first kappa shape index (κ1) is 16.7. The fourth-order valence-corrected chi connectivity index (χ4v) is 2.08. The molecule has 0 unspecified atom stereocenters. The van der Waals surface area contributed by atoms with E-state index in [1.54, 1.807) is 37.5 Å². The number of rotatable bonds is 4. The van der Waals surface area contributed by atoms with Crippen LogP contribution in [0.25, 0.3) is 11.5 Å². The summed E-state index contributed by atoms with van der Waals surface area (Å²) in [7, 11) is 0. The van der Waals surface area contributed by atoms with Crippen molar-refractivity contribution in [3.05, 3.63) is 41.8 Å². The normalized spacial score (nSPS) is 11.1. The number of aryl methyl sites for hydroxylation is 1. The maximum Gasteiger partial charge on any atom is 0.253 e. The maximum atomic E-state index is 12.2. The van der Waals surface area contributed by atoms with E-state index in [1.165, 1.54) is 0 Å². The van der Waals surface area contributed by atoms with Crippen molar-refractivity contribution >= 4 is 11.8 Å². The summed E-state index contributed by atoms with van der Waals surface area (Å²) in [4.78, 5) is 28.3. The van der Waals surface area contributed by atoms with Crippen LogP contribution in [0, 0.1) is 6.92 Å². The van der Waals surface area contributed by atoms with E-state index < -0.39 is 0 Å². The molecule has 0 saturated heterocycles. The molecule has 2 aromatic rings. The summed E-state index contributed by atoms with van der Waals surface area (Å²) in [6.07, 6.45) is 1.57. The van der Waals surface area contributed by atoms with Crippen LogP contribution < -0.4 is 10.6 Å². The fourth-order valence-electron chi connectivity index (χ4n) is 2.08. The fraction of sp³-hybridized carbons (Fsp3) is 0.353. The molecule has 0 spiro atoms. The van der Waals surface area contributed by atoms with Crippen LogP contribution in [0.15, 0.2) is 34.9 Å². The van der Waals surface area contributed by atoms with Gasteiger partial charge in [0.2, 0.25) is 5.91 Å². The molecule has 2 rings (SSSR count). The lowest BCUT2D eigenvalue weighted by Gasteiger charge is -2.20. The summed E-state index contributed by atoms with van der Waals surface area (Å²) >= 11 is 0. The summed E-state index contributed by atoms with van der Waals surface area (Å²) in [6.45, 7) is 7.32. The second kappa shape index (κ2) is 6.64. The number of aromatic nitrogens is 1. The molecule has 0 fully saturated rings. The predicted octanol–water partition coefficient (Wildman–Crippen LogP) is 2.29. The van der Waals surface area contributed by atoms with E-state index in [4.69, 9.17) is 4.42 Å². The minimum atomic E-state index is -0.329. The molecule has 0 radical (unpaired) electrons. The van der Waals surface area contributed by atoms with Gasteiger partial charge in [-0.2, -0.15) is 0 Å². The van der Waals surface area contributed by atoms with Crippen molar-refractivity contribution in [2.24, 2.45) is 0 Å².